The van der Waals surface area contributed by atoms with Crippen molar-refractivity contribution in [3.8, 4) is 0 Å². The molecule has 2 N–H and O–H groups in total. The second-order valence-electron chi connectivity index (χ2n) is 8.63. The van der Waals surface area contributed by atoms with Gasteiger partial charge < -0.3 is 15.2 Å². The van der Waals surface area contributed by atoms with E-state index < -0.39 is 46.4 Å². The van der Waals surface area contributed by atoms with Crippen LogP contribution in [0.25, 0.3) is 10.8 Å². The second-order valence-corrected chi connectivity index (χ2v) is 9.04. The summed E-state index contributed by atoms with van der Waals surface area (Å²) in [6, 6.07) is 6.57. The fourth-order valence-corrected chi connectivity index (χ4v) is 4.57. The molecule has 1 atom stereocenters. The predicted molar refractivity (Wildman–Crippen MR) is 136 cm³/mol. The molecule has 4 aromatic rings. The van der Waals surface area contributed by atoms with Crippen molar-refractivity contribution in [2.45, 2.75) is 12.2 Å². The van der Waals surface area contributed by atoms with Gasteiger partial charge in [0.1, 0.15) is 11.6 Å². The number of aryl methyl sites for hydroxylation is 1. The quantitative estimate of drug-likeness (QED) is 0.227. The molecule has 1 heterocycles. The Hall–Kier alpha value is -4.09. The molecular formula is C27H19ClF5N3O3. The molecule has 0 aliphatic carbocycles. The number of benzene rings is 3. The summed E-state index contributed by atoms with van der Waals surface area (Å²) in [5.41, 5.74) is -2.56. The number of alkyl halides is 3. The zero-order chi connectivity index (χ0) is 28.6. The molecule has 0 aliphatic heterocycles. The van der Waals surface area contributed by atoms with Crippen molar-refractivity contribution in [1.29, 1.82) is 0 Å². The maximum absolute atomic E-state index is 14.2. The molecule has 12 heteroatoms. The average Bonchev–Trinajstić information content (AvgIpc) is 2.88. The van der Waals surface area contributed by atoms with Crippen molar-refractivity contribution in [3.05, 3.63) is 110 Å². The molecule has 0 saturated heterocycles. The molecule has 39 heavy (non-hydrogen) atoms. The molecule has 0 bridgehead atoms. The molecule has 1 aromatic heterocycles. The molecule has 0 saturated carbocycles. The van der Waals surface area contributed by atoms with Gasteiger partial charge in [-0.3, -0.25) is 14.4 Å². The Bertz CT molecular complexity index is 1680. The van der Waals surface area contributed by atoms with Gasteiger partial charge in [-0.1, -0.05) is 11.6 Å². The number of fused-ring (bicyclic) bond motifs is 1. The Morgan fingerprint density at radius 1 is 1.03 bits per heavy atom. The largest absolute Gasteiger partial charge is 0.416 e. The van der Waals surface area contributed by atoms with Crippen LogP contribution in [-0.2, 0) is 13.2 Å². The van der Waals surface area contributed by atoms with Gasteiger partial charge in [0.05, 0.1) is 11.6 Å². The summed E-state index contributed by atoms with van der Waals surface area (Å²) in [6.45, 7) is 0. The highest BCUT2D eigenvalue weighted by molar-refractivity contribution is 6.31. The lowest BCUT2D eigenvalue weighted by molar-refractivity contribution is -0.137. The molecule has 0 spiro atoms. The number of carbonyl (C=O) groups excluding carboxylic acids is 2. The van der Waals surface area contributed by atoms with Gasteiger partial charge in [-0.2, -0.15) is 13.2 Å². The smallest absolute Gasteiger partial charge is 0.322 e. The van der Waals surface area contributed by atoms with E-state index in [1.807, 2.05) is 0 Å². The van der Waals surface area contributed by atoms with Gasteiger partial charge in [-0.25, -0.2) is 8.78 Å². The number of nitrogens with zero attached hydrogens (tertiary/aromatic N) is 1. The summed E-state index contributed by atoms with van der Waals surface area (Å²) >= 11 is 6.33. The van der Waals surface area contributed by atoms with E-state index in [-0.39, 0.29) is 44.2 Å². The molecule has 1 unspecified atom stereocenters. The van der Waals surface area contributed by atoms with Crippen LogP contribution in [0.5, 0.6) is 0 Å². The van der Waals surface area contributed by atoms with Gasteiger partial charge in [0, 0.05) is 46.0 Å². The van der Waals surface area contributed by atoms with Gasteiger partial charge in [-0.15, -0.1) is 0 Å². The molecule has 4 rings (SSSR count). The molecule has 1 amide bonds. The molecular weight excluding hydrogens is 545 g/mol. The summed E-state index contributed by atoms with van der Waals surface area (Å²) in [6.07, 6.45) is -3.06. The summed E-state index contributed by atoms with van der Waals surface area (Å²) in [5, 5.41) is 5.64. The first-order valence-electron chi connectivity index (χ1n) is 11.3. The van der Waals surface area contributed by atoms with Crippen LogP contribution in [0.4, 0.5) is 27.6 Å². The molecule has 0 radical (unpaired) electrons. The SMILES string of the molecule is CNC(c1cc(F)ccc1Cl)c1c(NC(=O)c2cc(F)cc(C(F)(F)F)c2)cc2c(=O)n(C)ccc2c1C=O. The highest BCUT2D eigenvalue weighted by Crippen LogP contribution is 2.38. The minimum atomic E-state index is -4.92. The summed E-state index contributed by atoms with van der Waals surface area (Å²) in [4.78, 5) is 38.4. The number of aromatic nitrogens is 1. The van der Waals surface area contributed by atoms with E-state index in [4.69, 9.17) is 11.6 Å². The number of carbonyl (C=O) groups is 2. The van der Waals surface area contributed by atoms with Gasteiger partial charge in [0.25, 0.3) is 11.5 Å². The van der Waals surface area contributed by atoms with Crippen LogP contribution in [0, 0.1) is 11.6 Å². The lowest BCUT2D eigenvalue weighted by Gasteiger charge is -2.25. The molecule has 0 fully saturated rings. The number of nitrogens with one attached hydrogen (secondary N) is 2. The van der Waals surface area contributed by atoms with Crippen molar-refractivity contribution in [2.24, 2.45) is 7.05 Å². The first kappa shape index (κ1) is 27.9. The lowest BCUT2D eigenvalue weighted by Crippen LogP contribution is -2.25. The molecule has 6 nitrogen and oxygen atoms in total. The topological polar surface area (TPSA) is 80.2 Å². The van der Waals surface area contributed by atoms with Crippen molar-refractivity contribution in [2.75, 3.05) is 12.4 Å². The van der Waals surface area contributed by atoms with Crippen molar-refractivity contribution < 1.29 is 31.5 Å². The fourth-order valence-electron chi connectivity index (χ4n) is 4.35. The number of rotatable bonds is 6. The van der Waals surface area contributed by atoms with Gasteiger partial charge in [-0.05, 0) is 66.5 Å². The first-order valence-corrected chi connectivity index (χ1v) is 11.7. The molecule has 3 aromatic carbocycles. The van der Waals surface area contributed by atoms with Gasteiger partial charge in [0.15, 0.2) is 6.29 Å². The van der Waals surface area contributed by atoms with Crippen molar-refractivity contribution in [3.63, 3.8) is 0 Å². The van der Waals surface area contributed by atoms with Crippen LogP contribution in [0.15, 0.2) is 59.5 Å². The van der Waals surface area contributed by atoms with E-state index in [0.717, 1.165) is 12.1 Å². The van der Waals surface area contributed by atoms with E-state index in [1.165, 1.54) is 43.1 Å². The van der Waals surface area contributed by atoms with E-state index in [0.29, 0.717) is 18.4 Å². The van der Waals surface area contributed by atoms with Crippen molar-refractivity contribution in [1.82, 2.24) is 9.88 Å². The zero-order valence-electron chi connectivity index (χ0n) is 20.3. The normalized spacial score (nSPS) is 12.4. The second kappa shape index (κ2) is 10.6. The Morgan fingerprint density at radius 2 is 1.74 bits per heavy atom. The van der Waals surface area contributed by atoms with Crippen LogP contribution in [0.2, 0.25) is 5.02 Å². The number of aldehydes is 1. The fraction of sp³-hybridized carbons (Fsp3) is 0.148. The van der Waals surface area contributed by atoms with Crippen LogP contribution in [0.1, 0.15) is 43.4 Å². The highest BCUT2D eigenvalue weighted by atomic mass is 35.5. The molecule has 0 aliphatic rings. The number of hydrogen-bond donors (Lipinski definition) is 2. The summed E-state index contributed by atoms with van der Waals surface area (Å²) < 4.78 is 69.2. The Balaban J connectivity index is 2.00. The average molecular weight is 564 g/mol. The van der Waals surface area contributed by atoms with E-state index in [2.05, 4.69) is 10.6 Å². The van der Waals surface area contributed by atoms with Crippen molar-refractivity contribution >= 4 is 40.3 Å². The van der Waals surface area contributed by atoms with Crippen LogP contribution in [0.3, 0.4) is 0 Å². The lowest BCUT2D eigenvalue weighted by atomic mass is 9.89. The minimum absolute atomic E-state index is 0.0107. The maximum atomic E-state index is 14.2. The van der Waals surface area contributed by atoms with Crippen LogP contribution >= 0.6 is 11.6 Å². The van der Waals surface area contributed by atoms with Crippen LogP contribution < -0.4 is 16.2 Å². The number of anilines is 1. The Kier molecular flexibility index (Phi) is 7.58. The third-order valence-electron chi connectivity index (χ3n) is 6.16. The minimum Gasteiger partial charge on any atom is -0.322 e. The van der Waals surface area contributed by atoms with Gasteiger partial charge in [0.2, 0.25) is 0 Å². The zero-order valence-corrected chi connectivity index (χ0v) is 21.0. The summed E-state index contributed by atoms with van der Waals surface area (Å²) in [7, 11) is 2.94. The van der Waals surface area contributed by atoms with Gasteiger partial charge >= 0.3 is 6.18 Å². The number of amides is 1. The van der Waals surface area contributed by atoms with E-state index in [1.54, 1.807) is 0 Å². The maximum Gasteiger partial charge on any atom is 0.416 e. The number of pyridine rings is 1. The Labute approximate surface area is 223 Å². The third-order valence-corrected chi connectivity index (χ3v) is 6.51. The Morgan fingerprint density at radius 3 is 2.38 bits per heavy atom. The van der Waals surface area contributed by atoms with E-state index >= 15 is 0 Å². The first-order chi connectivity index (χ1) is 18.3. The number of halogens is 6. The van der Waals surface area contributed by atoms with Crippen LogP contribution in [-0.4, -0.2) is 23.8 Å². The standard InChI is InChI=1S/C27H19ClF5N3O3/c1-34-24(19-10-15(29)3-4-21(19)28)23-20(12-37)17-5-6-36(2)26(39)18(17)11-22(23)35-25(38)13-7-14(27(31,32)33)9-16(30)8-13/h3-12,24,34H,1-2H3,(H,35,38). The van der Waals surface area contributed by atoms with E-state index in [9.17, 15) is 36.3 Å². The highest BCUT2D eigenvalue weighted by Gasteiger charge is 2.32. The monoisotopic (exact) mass is 563 g/mol. The predicted octanol–water partition coefficient (Wildman–Crippen LogP) is 5.86. The third kappa shape index (κ3) is 5.41. The number of hydrogen-bond acceptors (Lipinski definition) is 4. The summed E-state index contributed by atoms with van der Waals surface area (Å²) in [5.74, 6) is -3.09. The molecule has 202 valence electrons.